The van der Waals surface area contributed by atoms with Crippen LogP contribution in [0.1, 0.15) is 20.8 Å². The molecule has 0 aliphatic rings. The van der Waals surface area contributed by atoms with Crippen LogP contribution in [0.4, 0.5) is 0 Å². The highest BCUT2D eigenvalue weighted by Crippen LogP contribution is 2.05. The summed E-state index contributed by atoms with van der Waals surface area (Å²) in [4.78, 5) is 11.2. The Morgan fingerprint density at radius 2 is 2.00 bits per heavy atom. The van der Waals surface area contributed by atoms with Crippen LogP contribution in [0, 0.1) is 0 Å². The van der Waals surface area contributed by atoms with Crippen molar-refractivity contribution in [3.05, 3.63) is 35.4 Å². The smallest absolute Gasteiger partial charge is 0.212 e. The van der Waals surface area contributed by atoms with Crippen LogP contribution >= 0.6 is 23.4 Å². The van der Waals surface area contributed by atoms with Gasteiger partial charge in [-0.2, -0.15) is 0 Å². The molecule has 0 saturated carbocycles. The van der Waals surface area contributed by atoms with Crippen LogP contribution in [0.3, 0.4) is 0 Å². The fraction of sp³-hybridized carbons (Fsp3) is 0.462. The molecule has 0 bridgehead atoms. The van der Waals surface area contributed by atoms with Gasteiger partial charge in [-0.3, -0.25) is 4.79 Å². The zero-order chi connectivity index (χ0) is 13.5. The van der Waals surface area contributed by atoms with Gasteiger partial charge in [0.25, 0.3) is 0 Å². The standard InChI is InChI=1S/C11H15ClO2S.C2H6/c1-3-5-10(12)6-4-7-11(13)15-9-8-14-2;1-2/h3-7H,8-9H2,1-2H3;1-2H3/b5-3-,7-4+,10-6+;. The van der Waals surface area contributed by atoms with Crippen molar-refractivity contribution in [2.24, 2.45) is 0 Å². The number of methoxy groups -OCH3 is 1. The Morgan fingerprint density at radius 1 is 1.35 bits per heavy atom. The largest absolute Gasteiger partial charge is 0.384 e. The molecule has 0 fully saturated rings. The topological polar surface area (TPSA) is 26.3 Å². The summed E-state index contributed by atoms with van der Waals surface area (Å²) in [6, 6.07) is 0. The van der Waals surface area contributed by atoms with Crippen LogP contribution in [-0.4, -0.2) is 24.6 Å². The first kappa shape index (κ1) is 18.8. The van der Waals surface area contributed by atoms with Crippen molar-refractivity contribution in [3.63, 3.8) is 0 Å². The Kier molecular flexibility index (Phi) is 17.2. The Labute approximate surface area is 114 Å². The average molecular weight is 277 g/mol. The summed E-state index contributed by atoms with van der Waals surface area (Å²) >= 11 is 7.00. The molecule has 2 nitrogen and oxygen atoms in total. The Hall–Kier alpha value is -0.510. The zero-order valence-electron chi connectivity index (χ0n) is 10.9. The fourth-order valence-corrected chi connectivity index (χ4v) is 1.53. The molecule has 0 atom stereocenters. The average Bonchev–Trinajstić information content (AvgIpc) is 2.32. The minimum absolute atomic E-state index is 0.00763. The lowest BCUT2D eigenvalue weighted by Crippen LogP contribution is -1.95. The number of hydrogen-bond acceptors (Lipinski definition) is 3. The van der Waals surface area contributed by atoms with Crippen molar-refractivity contribution >= 4 is 28.5 Å². The molecule has 0 aliphatic heterocycles. The van der Waals surface area contributed by atoms with Gasteiger partial charge in [0.2, 0.25) is 5.12 Å². The van der Waals surface area contributed by atoms with Gasteiger partial charge in [0.05, 0.1) is 6.61 Å². The molecule has 0 unspecified atom stereocenters. The molecule has 0 aromatic rings. The monoisotopic (exact) mass is 276 g/mol. The van der Waals surface area contributed by atoms with Crippen molar-refractivity contribution in [2.45, 2.75) is 20.8 Å². The maximum Gasteiger partial charge on any atom is 0.212 e. The number of halogens is 1. The van der Waals surface area contributed by atoms with Crippen molar-refractivity contribution in [1.29, 1.82) is 0 Å². The van der Waals surface area contributed by atoms with Gasteiger partial charge in [-0.25, -0.2) is 0 Å². The minimum Gasteiger partial charge on any atom is -0.384 e. The van der Waals surface area contributed by atoms with Gasteiger partial charge in [-0.05, 0) is 25.2 Å². The predicted octanol–water partition coefficient (Wildman–Crippen LogP) is 4.17. The van der Waals surface area contributed by atoms with E-state index in [1.54, 1.807) is 25.3 Å². The summed E-state index contributed by atoms with van der Waals surface area (Å²) in [5.41, 5.74) is 0. The number of carbonyl (C=O) groups excluding carboxylic acids is 1. The normalized spacial score (nSPS) is 11.7. The molecule has 0 aliphatic carbocycles. The number of thioether (sulfide) groups is 1. The molecule has 0 saturated heterocycles. The first-order valence-corrected chi connectivity index (χ1v) is 6.89. The number of hydrogen-bond donors (Lipinski definition) is 0. The Balaban J connectivity index is 0. The van der Waals surface area contributed by atoms with E-state index < -0.39 is 0 Å². The maximum absolute atomic E-state index is 11.2. The molecule has 0 rings (SSSR count). The second-order valence-electron chi connectivity index (χ2n) is 2.57. The predicted molar refractivity (Wildman–Crippen MR) is 78.6 cm³/mol. The van der Waals surface area contributed by atoms with Gasteiger partial charge in [0.15, 0.2) is 0 Å². The minimum atomic E-state index is 0.00763. The van der Waals surface area contributed by atoms with E-state index in [0.29, 0.717) is 17.4 Å². The van der Waals surface area contributed by atoms with Gasteiger partial charge >= 0.3 is 0 Å². The lowest BCUT2D eigenvalue weighted by atomic mass is 10.4. The van der Waals surface area contributed by atoms with E-state index in [2.05, 4.69) is 0 Å². The van der Waals surface area contributed by atoms with Crippen LogP contribution in [-0.2, 0) is 9.53 Å². The molecule has 98 valence electrons. The van der Waals surface area contributed by atoms with Crippen molar-refractivity contribution in [3.8, 4) is 0 Å². The van der Waals surface area contributed by atoms with E-state index in [4.69, 9.17) is 16.3 Å². The first-order chi connectivity index (χ1) is 8.20. The van der Waals surface area contributed by atoms with Gasteiger partial charge < -0.3 is 4.74 Å². The van der Waals surface area contributed by atoms with Gasteiger partial charge in [-0.15, -0.1) is 0 Å². The molecule has 0 heterocycles. The zero-order valence-corrected chi connectivity index (χ0v) is 12.5. The third-order valence-corrected chi connectivity index (χ3v) is 2.39. The summed E-state index contributed by atoms with van der Waals surface area (Å²) in [5.74, 6) is 0.673. The summed E-state index contributed by atoms with van der Waals surface area (Å²) in [6.07, 6.45) is 8.41. The number of ether oxygens (including phenoxy) is 1. The van der Waals surface area contributed by atoms with Crippen LogP contribution in [0.2, 0.25) is 0 Å². The molecule has 0 aromatic heterocycles. The molecule has 0 radical (unpaired) electrons. The Bertz CT molecular complexity index is 271. The van der Waals surface area contributed by atoms with Crippen molar-refractivity contribution in [1.82, 2.24) is 0 Å². The lowest BCUT2D eigenvalue weighted by Gasteiger charge is -1.94. The van der Waals surface area contributed by atoms with Crippen LogP contribution in [0.5, 0.6) is 0 Å². The summed E-state index contributed by atoms with van der Waals surface area (Å²) in [7, 11) is 1.61. The first-order valence-electron chi connectivity index (χ1n) is 5.53. The quantitative estimate of drug-likeness (QED) is 0.414. The van der Waals surface area contributed by atoms with Gasteiger partial charge in [0, 0.05) is 17.9 Å². The maximum atomic E-state index is 11.2. The highest BCUT2D eigenvalue weighted by Gasteiger charge is 1.95. The van der Waals surface area contributed by atoms with Crippen molar-refractivity contribution < 1.29 is 9.53 Å². The van der Waals surface area contributed by atoms with Gasteiger partial charge in [-0.1, -0.05) is 49.4 Å². The van der Waals surface area contributed by atoms with E-state index in [9.17, 15) is 4.79 Å². The number of carbonyl (C=O) groups is 1. The number of rotatable bonds is 6. The van der Waals surface area contributed by atoms with E-state index in [0.717, 1.165) is 0 Å². The van der Waals surface area contributed by atoms with Crippen LogP contribution in [0.25, 0.3) is 0 Å². The molecular weight excluding hydrogens is 256 g/mol. The van der Waals surface area contributed by atoms with E-state index in [-0.39, 0.29) is 5.12 Å². The van der Waals surface area contributed by atoms with Crippen LogP contribution < -0.4 is 0 Å². The molecule has 0 spiro atoms. The fourth-order valence-electron chi connectivity index (χ4n) is 0.707. The molecule has 0 N–H and O–H groups in total. The molecule has 0 aromatic carbocycles. The van der Waals surface area contributed by atoms with Gasteiger partial charge in [0.1, 0.15) is 0 Å². The second kappa shape index (κ2) is 15.5. The highest BCUT2D eigenvalue weighted by molar-refractivity contribution is 8.14. The SMILES string of the molecule is CC.C\C=C/C(Cl)=C\C=C\C(=O)SCCOC. The molecule has 0 amide bonds. The van der Waals surface area contributed by atoms with E-state index in [1.807, 2.05) is 26.8 Å². The molecule has 17 heavy (non-hydrogen) atoms. The van der Waals surface area contributed by atoms with E-state index >= 15 is 0 Å². The summed E-state index contributed by atoms with van der Waals surface area (Å²) in [5, 5.41) is 0.608. The summed E-state index contributed by atoms with van der Waals surface area (Å²) in [6.45, 7) is 6.46. The van der Waals surface area contributed by atoms with Crippen LogP contribution in [0.15, 0.2) is 35.4 Å². The third kappa shape index (κ3) is 15.5. The van der Waals surface area contributed by atoms with E-state index in [1.165, 1.54) is 17.8 Å². The Morgan fingerprint density at radius 3 is 2.53 bits per heavy atom. The second-order valence-corrected chi connectivity index (χ2v) is 4.11. The highest BCUT2D eigenvalue weighted by atomic mass is 35.5. The summed E-state index contributed by atoms with van der Waals surface area (Å²) < 4.78 is 4.83. The lowest BCUT2D eigenvalue weighted by molar-refractivity contribution is -0.107. The third-order valence-electron chi connectivity index (χ3n) is 1.35. The number of allylic oxidation sites excluding steroid dienone is 5. The molecule has 4 heteroatoms. The van der Waals surface area contributed by atoms with Crippen molar-refractivity contribution in [2.75, 3.05) is 19.5 Å². The molecular formula is C13H21ClO2S.